The zero-order chi connectivity index (χ0) is 18.2. The Labute approximate surface area is 141 Å². The highest BCUT2D eigenvalue weighted by atomic mass is 32.2. The molecule has 1 rings (SSSR count). The van der Waals surface area contributed by atoms with Crippen LogP contribution in [0.15, 0.2) is 29.2 Å². The SMILES string of the molecule is C#CCNS(=O)(=O)c1cccc(C(=O)OCC(=O)NCC(C)C)c1. The van der Waals surface area contributed by atoms with Crippen LogP contribution in [-0.2, 0) is 19.6 Å². The second-order valence-corrected chi connectivity index (χ2v) is 7.10. The van der Waals surface area contributed by atoms with Crippen LogP contribution in [0.3, 0.4) is 0 Å². The average Bonchev–Trinajstić information content (AvgIpc) is 2.56. The molecule has 0 aliphatic carbocycles. The lowest BCUT2D eigenvalue weighted by Crippen LogP contribution is -2.31. The average molecular weight is 352 g/mol. The fraction of sp³-hybridized carbons (Fsp3) is 0.375. The molecule has 0 spiro atoms. The molecule has 1 aromatic rings. The Balaban J connectivity index is 2.71. The van der Waals surface area contributed by atoms with E-state index in [9.17, 15) is 18.0 Å². The summed E-state index contributed by atoms with van der Waals surface area (Å²) in [6.07, 6.45) is 5.01. The Kier molecular flexibility index (Phi) is 7.42. The highest BCUT2D eigenvalue weighted by Crippen LogP contribution is 2.12. The number of terminal acetylenes is 1. The predicted octanol–water partition coefficient (Wildman–Crippen LogP) is 0.527. The number of carbonyl (C=O) groups excluding carboxylic acids is 2. The summed E-state index contributed by atoms with van der Waals surface area (Å²) in [5, 5.41) is 2.61. The number of nitrogens with one attached hydrogen (secondary N) is 2. The lowest BCUT2D eigenvalue weighted by molar-refractivity contribution is -0.124. The zero-order valence-corrected chi connectivity index (χ0v) is 14.4. The summed E-state index contributed by atoms with van der Waals surface area (Å²) in [5.74, 6) is 1.23. The van der Waals surface area contributed by atoms with Gasteiger partial charge in [-0.25, -0.2) is 13.2 Å². The van der Waals surface area contributed by atoms with Gasteiger partial charge >= 0.3 is 5.97 Å². The standard InChI is InChI=1S/C16H20N2O5S/c1-4-8-18-24(21,22)14-7-5-6-13(9-14)16(20)23-11-15(19)17-10-12(2)3/h1,5-7,9,12,18H,8,10-11H2,2-3H3,(H,17,19). The summed E-state index contributed by atoms with van der Waals surface area (Å²) in [6.45, 7) is 3.76. The van der Waals surface area contributed by atoms with E-state index < -0.39 is 28.5 Å². The molecular formula is C16H20N2O5S. The zero-order valence-electron chi connectivity index (χ0n) is 13.5. The summed E-state index contributed by atoms with van der Waals surface area (Å²) < 4.78 is 31.0. The first-order valence-corrected chi connectivity index (χ1v) is 8.71. The maximum atomic E-state index is 12.0. The second-order valence-electron chi connectivity index (χ2n) is 5.33. The van der Waals surface area contributed by atoms with E-state index >= 15 is 0 Å². The van der Waals surface area contributed by atoms with Crippen molar-refractivity contribution in [2.75, 3.05) is 19.7 Å². The molecule has 8 heteroatoms. The maximum absolute atomic E-state index is 12.0. The molecule has 2 N–H and O–H groups in total. The van der Waals surface area contributed by atoms with E-state index in [0.29, 0.717) is 6.54 Å². The van der Waals surface area contributed by atoms with Crippen LogP contribution in [0.25, 0.3) is 0 Å². The van der Waals surface area contributed by atoms with Gasteiger partial charge in [0.15, 0.2) is 6.61 Å². The first-order valence-electron chi connectivity index (χ1n) is 7.23. The molecule has 7 nitrogen and oxygen atoms in total. The third kappa shape index (κ3) is 6.40. The maximum Gasteiger partial charge on any atom is 0.338 e. The fourth-order valence-corrected chi connectivity index (χ4v) is 2.57. The van der Waals surface area contributed by atoms with E-state index in [1.54, 1.807) is 0 Å². The molecule has 0 unspecified atom stereocenters. The first kappa shape index (κ1) is 19.7. The second kappa shape index (κ2) is 9.05. The molecule has 0 aliphatic heterocycles. The summed E-state index contributed by atoms with van der Waals surface area (Å²) in [6, 6.07) is 5.28. The van der Waals surface area contributed by atoms with Gasteiger partial charge < -0.3 is 10.1 Å². The molecule has 1 amide bonds. The first-order chi connectivity index (χ1) is 11.3. The van der Waals surface area contributed by atoms with Gasteiger partial charge in [0.25, 0.3) is 5.91 Å². The Bertz CT molecular complexity index is 735. The molecule has 0 fully saturated rings. The van der Waals surface area contributed by atoms with Crippen molar-refractivity contribution in [1.29, 1.82) is 0 Å². The number of amides is 1. The van der Waals surface area contributed by atoms with Crippen LogP contribution >= 0.6 is 0 Å². The minimum atomic E-state index is -3.81. The van der Waals surface area contributed by atoms with Crippen LogP contribution in [0.2, 0.25) is 0 Å². The molecule has 0 atom stereocenters. The molecule has 1 aromatic carbocycles. The van der Waals surface area contributed by atoms with Crippen molar-refractivity contribution in [2.45, 2.75) is 18.7 Å². The van der Waals surface area contributed by atoms with Gasteiger partial charge in [0.1, 0.15) is 0 Å². The van der Waals surface area contributed by atoms with E-state index in [1.165, 1.54) is 18.2 Å². The van der Waals surface area contributed by atoms with Crippen LogP contribution in [0, 0.1) is 18.3 Å². The Morgan fingerprint density at radius 3 is 2.67 bits per heavy atom. The number of esters is 1. The Morgan fingerprint density at radius 1 is 1.33 bits per heavy atom. The van der Waals surface area contributed by atoms with Gasteiger partial charge in [-0.1, -0.05) is 25.8 Å². The molecule has 0 saturated heterocycles. The van der Waals surface area contributed by atoms with E-state index in [0.717, 1.165) is 6.07 Å². The lowest BCUT2D eigenvalue weighted by atomic mass is 10.2. The molecule has 0 aliphatic rings. The molecular weight excluding hydrogens is 332 g/mol. The van der Waals surface area contributed by atoms with Gasteiger partial charge in [-0.15, -0.1) is 6.42 Å². The van der Waals surface area contributed by atoms with Crippen molar-refractivity contribution in [3.63, 3.8) is 0 Å². The van der Waals surface area contributed by atoms with Crippen LogP contribution in [-0.4, -0.2) is 40.0 Å². The van der Waals surface area contributed by atoms with Crippen molar-refractivity contribution in [2.24, 2.45) is 5.92 Å². The topological polar surface area (TPSA) is 102 Å². The number of rotatable bonds is 8. The van der Waals surface area contributed by atoms with Crippen LogP contribution in [0.5, 0.6) is 0 Å². The quantitative estimate of drug-likeness (QED) is 0.525. The van der Waals surface area contributed by atoms with Gasteiger partial charge in [-0.3, -0.25) is 4.79 Å². The summed E-state index contributed by atoms with van der Waals surface area (Å²) in [4.78, 5) is 23.3. The number of carbonyl (C=O) groups is 2. The van der Waals surface area contributed by atoms with Gasteiger partial charge in [-0.2, -0.15) is 4.72 Å². The fourth-order valence-electron chi connectivity index (χ4n) is 1.59. The van der Waals surface area contributed by atoms with Gasteiger partial charge in [-0.05, 0) is 24.1 Å². The molecule has 0 bridgehead atoms. The number of hydrogen-bond acceptors (Lipinski definition) is 5. The highest BCUT2D eigenvalue weighted by Gasteiger charge is 2.17. The van der Waals surface area contributed by atoms with Crippen molar-refractivity contribution in [3.05, 3.63) is 29.8 Å². The monoisotopic (exact) mass is 352 g/mol. The number of benzene rings is 1. The summed E-state index contributed by atoms with van der Waals surface area (Å²) in [5.41, 5.74) is 0.0234. The van der Waals surface area contributed by atoms with Gasteiger partial charge in [0, 0.05) is 6.54 Å². The minimum Gasteiger partial charge on any atom is -0.452 e. The Morgan fingerprint density at radius 2 is 2.04 bits per heavy atom. The number of sulfonamides is 1. The Hall–Kier alpha value is -2.37. The molecule has 0 aromatic heterocycles. The summed E-state index contributed by atoms with van der Waals surface area (Å²) in [7, 11) is -3.81. The number of ether oxygens (including phenoxy) is 1. The molecule has 130 valence electrons. The molecule has 0 saturated carbocycles. The van der Waals surface area contributed by atoms with Crippen LogP contribution in [0.4, 0.5) is 0 Å². The van der Waals surface area contributed by atoms with Crippen molar-refractivity contribution in [1.82, 2.24) is 10.0 Å². The normalized spacial score (nSPS) is 10.9. The van der Waals surface area contributed by atoms with Crippen LogP contribution < -0.4 is 10.0 Å². The third-order valence-corrected chi connectivity index (χ3v) is 4.19. The lowest BCUT2D eigenvalue weighted by Gasteiger charge is -2.09. The van der Waals surface area contributed by atoms with E-state index in [1.807, 2.05) is 13.8 Å². The van der Waals surface area contributed by atoms with E-state index in [-0.39, 0.29) is 22.9 Å². The van der Waals surface area contributed by atoms with Gasteiger partial charge in [0.05, 0.1) is 17.0 Å². The highest BCUT2D eigenvalue weighted by molar-refractivity contribution is 7.89. The number of hydrogen-bond donors (Lipinski definition) is 2. The smallest absolute Gasteiger partial charge is 0.338 e. The molecule has 0 radical (unpaired) electrons. The van der Waals surface area contributed by atoms with E-state index in [4.69, 9.17) is 11.2 Å². The van der Waals surface area contributed by atoms with E-state index in [2.05, 4.69) is 16.0 Å². The van der Waals surface area contributed by atoms with Crippen molar-refractivity contribution >= 4 is 21.9 Å². The van der Waals surface area contributed by atoms with Crippen molar-refractivity contribution < 1.29 is 22.7 Å². The third-order valence-electron chi connectivity index (χ3n) is 2.79. The molecule has 24 heavy (non-hydrogen) atoms. The predicted molar refractivity (Wildman–Crippen MR) is 88.6 cm³/mol. The summed E-state index contributed by atoms with van der Waals surface area (Å²) >= 11 is 0. The molecule has 0 heterocycles. The largest absolute Gasteiger partial charge is 0.452 e. The van der Waals surface area contributed by atoms with Crippen molar-refractivity contribution in [3.8, 4) is 12.3 Å². The minimum absolute atomic E-state index is 0.0234. The van der Waals surface area contributed by atoms with Gasteiger partial charge in [0.2, 0.25) is 10.0 Å². The van der Waals surface area contributed by atoms with Crippen LogP contribution in [0.1, 0.15) is 24.2 Å².